The minimum absolute atomic E-state index is 0.01000. The highest BCUT2D eigenvalue weighted by atomic mass is 79.9. The maximum absolute atomic E-state index is 11.9. The summed E-state index contributed by atoms with van der Waals surface area (Å²) in [4.78, 5) is 16.7. The van der Waals surface area contributed by atoms with Crippen LogP contribution in [0.5, 0.6) is 0 Å². The molecule has 28 heavy (non-hydrogen) atoms. The van der Waals surface area contributed by atoms with E-state index in [1.54, 1.807) is 7.11 Å². The predicted octanol–water partition coefficient (Wildman–Crippen LogP) is 3.93. The van der Waals surface area contributed by atoms with Crippen molar-refractivity contribution in [1.82, 2.24) is 5.32 Å². The molecular formula is C21H27BrN4O2. The van der Waals surface area contributed by atoms with Gasteiger partial charge in [-0.1, -0.05) is 15.9 Å². The zero-order valence-corrected chi connectivity index (χ0v) is 17.9. The Morgan fingerprint density at radius 1 is 1.00 bits per heavy atom. The van der Waals surface area contributed by atoms with Crippen molar-refractivity contribution in [2.24, 2.45) is 0 Å². The van der Waals surface area contributed by atoms with Gasteiger partial charge in [0.25, 0.3) is 0 Å². The lowest BCUT2D eigenvalue weighted by Crippen LogP contribution is -2.46. The first-order valence-electron chi connectivity index (χ1n) is 9.48. The van der Waals surface area contributed by atoms with Crippen molar-refractivity contribution >= 4 is 39.0 Å². The van der Waals surface area contributed by atoms with Crippen molar-refractivity contribution in [1.29, 1.82) is 0 Å². The molecule has 0 spiro atoms. The molecule has 1 atom stereocenters. The highest BCUT2D eigenvalue weighted by Crippen LogP contribution is 2.23. The number of hydrogen-bond donors (Lipinski definition) is 2. The van der Waals surface area contributed by atoms with E-state index >= 15 is 0 Å². The molecule has 2 aromatic rings. The number of carbonyl (C=O) groups excluding carboxylic acids is 1. The van der Waals surface area contributed by atoms with Crippen LogP contribution < -0.4 is 20.4 Å². The predicted molar refractivity (Wildman–Crippen MR) is 119 cm³/mol. The van der Waals surface area contributed by atoms with Crippen LogP contribution in [0.2, 0.25) is 0 Å². The fraction of sp³-hybridized carbons (Fsp3) is 0.381. The van der Waals surface area contributed by atoms with E-state index in [4.69, 9.17) is 4.74 Å². The van der Waals surface area contributed by atoms with Crippen LogP contribution in [0.3, 0.4) is 0 Å². The molecule has 1 saturated heterocycles. The zero-order valence-electron chi connectivity index (χ0n) is 16.3. The molecule has 0 saturated carbocycles. The lowest BCUT2D eigenvalue weighted by molar-refractivity contribution is 0.119. The molecule has 0 bridgehead atoms. The summed E-state index contributed by atoms with van der Waals surface area (Å²) in [6.45, 7) is 6.30. The number of halogens is 1. The van der Waals surface area contributed by atoms with Gasteiger partial charge in [-0.05, 0) is 55.5 Å². The molecule has 3 rings (SSSR count). The molecule has 2 aromatic carbocycles. The van der Waals surface area contributed by atoms with Crippen LogP contribution in [-0.4, -0.2) is 52.0 Å². The Bertz CT molecular complexity index is 759. The fourth-order valence-corrected chi connectivity index (χ4v) is 3.39. The lowest BCUT2D eigenvalue weighted by Gasteiger charge is -2.37. The molecular weight excluding hydrogens is 420 g/mol. The van der Waals surface area contributed by atoms with Crippen LogP contribution in [-0.2, 0) is 4.74 Å². The second-order valence-corrected chi connectivity index (χ2v) is 7.79. The van der Waals surface area contributed by atoms with E-state index in [0.717, 1.165) is 36.3 Å². The van der Waals surface area contributed by atoms with Crippen LogP contribution in [0.4, 0.5) is 21.9 Å². The smallest absolute Gasteiger partial charge is 0.319 e. The van der Waals surface area contributed by atoms with Gasteiger partial charge >= 0.3 is 6.03 Å². The van der Waals surface area contributed by atoms with Gasteiger partial charge in [0.1, 0.15) is 0 Å². The van der Waals surface area contributed by atoms with Crippen LogP contribution in [0.25, 0.3) is 0 Å². The van der Waals surface area contributed by atoms with Gasteiger partial charge in [-0.3, -0.25) is 0 Å². The second kappa shape index (κ2) is 9.80. The number of methoxy groups -OCH3 is 1. The summed E-state index contributed by atoms with van der Waals surface area (Å²) in [5.41, 5.74) is 3.21. The van der Waals surface area contributed by atoms with Crippen LogP contribution >= 0.6 is 15.9 Å². The van der Waals surface area contributed by atoms with Crippen molar-refractivity contribution in [2.75, 3.05) is 55.0 Å². The van der Waals surface area contributed by atoms with E-state index in [1.165, 1.54) is 11.4 Å². The molecule has 0 aromatic heterocycles. The summed E-state index contributed by atoms with van der Waals surface area (Å²) in [6.07, 6.45) is -0.01000. The van der Waals surface area contributed by atoms with Gasteiger partial charge in [0.05, 0.1) is 6.10 Å². The Balaban J connectivity index is 1.49. The van der Waals surface area contributed by atoms with E-state index < -0.39 is 0 Å². The number of nitrogens with one attached hydrogen (secondary N) is 2. The third-order valence-corrected chi connectivity index (χ3v) is 5.44. The molecule has 2 amide bonds. The van der Waals surface area contributed by atoms with Gasteiger partial charge in [0.15, 0.2) is 0 Å². The Hall–Kier alpha value is -2.25. The minimum atomic E-state index is -0.222. The molecule has 0 aliphatic carbocycles. The number of anilines is 3. The van der Waals surface area contributed by atoms with Crippen molar-refractivity contribution in [3.63, 3.8) is 0 Å². The van der Waals surface area contributed by atoms with E-state index in [-0.39, 0.29) is 12.1 Å². The Labute approximate surface area is 175 Å². The van der Waals surface area contributed by atoms with Gasteiger partial charge in [0.2, 0.25) is 0 Å². The molecule has 1 unspecified atom stereocenters. The third kappa shape index (κ3) is 5.62. The average Bonchev–Trinajstić information content (AvgIpc) is 2.73. The highest BCUT2D eigenvalue weighted by molar-refractivity contribution is 9.10. The summed E-state index contributed by atoms with van der Waals surface area (Å²) in [6, 6.07) is 16.2. The van der Waals surface area contributed by atoms with Crippen molar-refractivity contribution in [3.8, 4) is 0 Å². The van der Waals surface area contributed by atoms with E-state index in [1.807, 2.05) is 19.1 Å². The number of carbonyl (C=O) groups is 1. The third-order valence-electron chi connectivity index (χ3n) is 4.91. The van der Waals surface area contributed by atoms with Crippen LogP contribution in [0.1, 0.15) is 6.92 Å². The van der Waals surface area contributed by atoms with Crippen molar-refractivity contribution in [3.05, 3.63) is 53.0 Å². The molecule has 1 heterocycles. The molecule has 1 fully saturated rings. The number of rotatable bonds is 6. The molecule has 6 nitrogen and oxygen atoms in total. The van der Waals surface area contributed by atoms with E-state index in [9.17, 15) is 4.79 Å². The molecule has 1 aliphatic rings. The summed E-state index contributed by atoms with van der Waals surface area (Å²) in [5.74, 6) is 0. The number of ether oxygens (including phenoxy) is 1. The Morgan fingerprint density at radius 2 is 1.50 bits per heavy atom. The van der Waals surface area contributed by atoms with Gasteiger partial charge in [-0.25, -0.2) is 4.79 Å². The molecule has 0 radical (unpaired) electrons. The Kier molecular flexibility index (Phi) is 7.17. The Morgan fingerprint density at radius 3 is 2.00 bits per heavy atom. The standard InChI is InChI=1S/C21H27BrN4O2/c1-16(28-2)15-23-21(27)24-18-5-9-20(10-6-18)26-13-11-25(12-14-26)19-7-3-17(22)4-8-19/h3-10,16H,11-15H2,1-2H3,(H2,23,24,27). The first-order chi connectivity index (χ1) is 13.5. The SMILES string of the molecule is COC(C)CNC(=O)Nc1ccc(N2CCN(c3ccc(Br)cc3)CC2)cc1. The van der Waals surface area contributed by atoms with Gasteiger partial charge in [0, 0.05) is 61.4 Å². The topological polar surface area (TPSA) is 56.8 Å². The normalized spacial score (nSPS) is 15.2. The quantitative estimate of drug-likeness (QED) is 0.705. The van der Waals surface area contributed by atoms with E-state index in [0.29, 0.717) is 6.54 Å². The number of amides is 2. The van der Waals surface area contributed by atoms with E-state index in [2.05, 4.69) is 72.8 Å². The van der Waals surface area contributed by atoms with Crippen molar-refractivity contribution < 1.29 is 9.53 Å². The first kappa shape index (κ1) is 20.5. The van der Waals surface area contributed by atoms with Gasteiger partial charge < -0.3 is 25.2 Å². The summed E-state index contributed by atoms with van der Waals surface area (Å²) >= 11 is 3.49. The maximum Gasteiger partial charge on any atom is 0.319 e. The summed E-state index contributed by atoms with van der Waals surface area (Å²) in [5, 5.41) is 5.64. The maximum atomic E-state index is 11.9. The fourth-order valence-electron chi connectivity index (χ4n) is 3.13. The summed E-state index contributed by atoms with van der Waals surface area (Å²) in [7, 11) is 1.63. The van der Waals surface area contributed by atoms with Crippen LogP contribution in [0, 0.1) is 0 Å². The number of nitrogens with zero attached hydrogens (tertiary/aromatic N) is 2. The lowest BCUT2D eigenvalue weighted by atomic mass is 10.2. The zero-order chi connectivity index (χ0) is 19.9. The molecule has 150 valence electrons. The molecule has 2 N–H and O–H groups in total. The van der Waals surface area contributed by atoms with Crippen molar-refractivity contribution in [2.45, 2.75) is 13.0 Å². The largest absolute Gasteiger partial charge is 0.380 e. The highest BCUT2D eigenvalue weighted by Gasteiger charge is 2.17. The monoisotopic (exact) mass is 446 g/mol. The average molecular weight is 447 g/mol. The minimum Gasteiger partial charge on any atom is -0.380 e. The molecule has 7 heteroatoms. The second-order valence-electron chi connectivity index (χ2n) is 6.88. The molecule has 1 aliphatic heterocycles. The van der Waals surface area contributed by atoms with Crippen LogP contribution in [0.15, 0.2) is 53.0 Å². The van der Waals surface area contributed by atoms with Gasteiger partial charge in [-0.15, -0.1) is 0 Å². The number of urea groups is 1. The first-order valence-corrected chi connectivity index (χ1v) is 10.3. The summed E-state index contributed by atoms with van der Waals surface area (Å²) < 4.78 is 6.22. The number of piperazine rings is 1. The van der Waals surface area contributed by atoms with Gasteiger partial charge in [-0.2, -0.15) is 0 Å². The number of benzene rings is 2. The number of hydrogen-bond acceptors (Lipinski definition) is 4.